The molecule has 1 unspecified atom stereocenters. The van der Waals surface area contributed by atoms with Crippen LogP contribution < -0.4 is 5.32 Å². The van der Waals surface area contributed by atoms with Crippen molar-refractivity contribution in [3.8, 4) is 0 Å². The minimum Gasteiger partial charge on any atom is -0.459 e. The van der Waals surface area contributed by atoms with Crippen molar-refractivity contribution in [1.82, 2.24) is 5.32 Å². The number of ether oxygens (including phenoxy) is 3. The highest BCUT2D eigenvalue weighted by Crippen LogP contribution is 2.01. The Kier molecular flexibility index (Phi) is 9.11. The third-order valence-corrected chi connectivity index (χ3v) is 2.33. The second-order valence-corrected chi connectivity index (χ2v) is 4.22. The van der Waals surface area contributed by atoms with E-state index in [1.54, 1.807) is 20.0 Å². The van der Waals surface area contributed by atoms with Crippen molar-refractivity contribution in [2.75, 3.05) is 26.9 Å². The standard InChI is InChI=1S/C14H23NO5/c1-6-15-7-11(4)14(17)20-9-12(18-5)8-19-13(16)10(2)3/h7,12,15H,2,6,8-9H2,1,3-5H3/b11-7+. The molecule has 0 aromatic heterocycles. The van der Waals surface area contributed by atoms with E-state index < -0.39 is 18.0 Å². The Morgan fingerprint density at radius 2 is 1.75 bits per heavy atom. The normalized spacial score (nSPS) is 12.5. The lowest BCUT2D eigenvalue weighted by atomic mass is 10.3. The van der Waals surface area contributed by atoms with Crippen LogP contribution in [-0.2, 0) is 23.8 Å². The summed E-state index contributed by atoms with van der Waals surface area (Å²) in [6, 6.07) is 0. The fourth-order valence-electron chi connectivity index (χ4n) is 1.07. The van der Waals surface area contributed by atoms with E-state index >= 15 is 0 Å². The van der Waals surface area contributed by atoms with Crippen LogP contribution in [0.2, 0.25) is 0 Å². The summed E-state index contributed by atoms with van der Waals surface area (Å²) in [4.78, 5) is 22.8. The molecule has 6 heteroatoms. The molecule has 0 aliphatic carbocycles. The van der Waals surface area contributed by atoms with Crippen LogP contribution in [0.3, 0.4) is 0 Å². The average Bonchev–Trinajstić information content (AvgIpc) is 2.43. The molecule has 0 saturated heterocycles. The Bertz CT molecular complexity index is 376. The molecule has 0 bridgehead atoms. The summed E-state index contributed by atoms with van der Waals surface area (Å²) in [6.07, 6.45) is 1.08. The molecule has 0 rings (SSSR count). The largest absolute Gasteiger partial charge is 0.459 e. The van der Waals surface area contributed by atoms with Gasteiger partial charge in [0.05, 0.1) is 0 Å². The average molecular weight is 285 g/mol. The topological polar surface area (TPSA) is 73.9 Å². The zero-order chi connectivity index (χ0) is 15.5. The molecule has 0 saturated carbocycles. The predicted octanol–water partition coefficient (Wildman–Crippen LogP) is 1.18. The summed E-state index contributed by atoms with van der Waals surface area (Å²) in [5.74, 6) is -0.944. The van der Waals surface area contributed by atoms with E-state index in [2.05, 4.69) is 11.9 Å². The first kappa shape index (κ1) is 18.2. The predicted molar refractivity (Wildman–Crippen MR) is 75.0 cm³/mol. The van der Waals surface area contributed by atoms with E-state index in [1.165, 1.54) is 7.11 Å². The number of hydrogen-bond acceptors (Lipinski definition) is 6. The van der Waals surface area contributed by atoms with Crippen LogP contribution >= 0.6 is 0 Å². The first-order valence-corrected chi connectivity index (χ1v) is 6.35. The fourth-order valence-corrected chi connectivity index (χ4v) is 1.07. The SMILES string of the molecule is C=C(C)C(=O)OCC(COC(=O)/C(C)=C/NCC)OC. The molecular formula is C14H23NO5. The maximum Gasteiger partial charge on any atom is 0.335 e. The molecule has 1 atom stereocenters. The first-order chi connectivity index (χ1) is 9.42. The van der Waals surface area contributed by atoms with Crippen LogP contribution in [-0.4, -0.2) is 44.9 Å². The number of hydrogen-bond donors (Lipinski definition) is 1. The Balaban J connectivity index is 4.15. The van der Waals surface area contributed by atoms with Crippen molar-refractivity contribution in [3.05, 3.63) is 23.9 Å². The summed E-state index contributed by atoms with van der Waals surface area (Å²) in [5, 5.41) is 2.91. The van der Waals surface area contributed by atoms with Crippen molar-refractivity contribution < 1.29 is 23.8 Å². The van der Waals surface area contributed by atoms with Gasteiger partial charge in [-0.25, -0.2) is 9.59 Å². The first-order valence-electron chi connectivity index (χ1n) is 6.35. The quantitative estimate of drug-likeness (QED) is 0.506. The molecule has 0 heterocycles. The van der Waals surface area contributed by atoms with E-state index in [0.717, 1.165) is 6.54 Å². The summed E-state index contributed by atoms with van der Waals surface area (Å²) in [6.45, 7) is 9.33. The van der Waals surface area contributed by atoms with Gasteiger partial charge in [0.25, 0.3) is 0 Å². The van der Waals surface area contributed by atoms with Crippen LogP contribution in [0.25, 0.3) is 0 Å². The Hall–Kier alpha value is -1.82. The Morgan fingerprint density at radius 3 is 2.20 bits per heavy atom. The molecule has 0 fully saturated rings. The molecule has 0 radical (unpaired) electrons. The number of nitrogens with one attached hydrogen (secondary N) is 1. The summed E-state index contributed by atoms with van der Waals surface area (Å²) in [5.41, 5.74) is 0.766. The molecule has 20 heavy (non-hydrogen) atoms. The number of carbonyl (C=O) groups excluding carboxylic acids is 2. The number of carbonyl (C=O) groups is 2. The fraction of sp³-hybridized carbons (Fsp3) is 0.571. The van der Waals surface area contributed by atoms with E-state index in [1.807, 2.05) is 6.92 Å². The molecule has 0 spiro atoms. The third kappa shape index (κ3) is 7.58. The van der Waals surface area contributed by atoms with Crippen molar-refractivity contribution >= 4 is 11.9 Å². The number of rotatable bonds is 9. The van der Waals surface area contributed by atoms with Crippen LogP contribution in [0.4, 0.5) is 0 Å². The zero-order valence-electron chi connectivity index (χ0n) is 12.5. The highest BCUT2D eigenvalue weighted by molar-refractivity contribution is 5.87. The van der Waals surface area contributed by atoms with Crippen LogP contribution in [0, 0.1) is 0 Å². The van der Waals surface area contributed by atoms with Crippen molar-refractivity contribution in [3.63, 3.8) is 0 Å². The second kappa shape index (κ2) is 10.0. The van der Waals surface area contributed by atoms with Gasteiger partial charge in [-0.15, -0.1) is 0 Å². The van der Waals surface area contributed by atoms with E-state index in [-0.39, 0.29) is 13.2 Å². The minimum atomic E-state index is -0.505. The van der Waals surface area contributed by atoms with Gasteiger partial charge in [0.15, 0.2) is 0 Å². The monoisotopic (exact) mass is 285 g/mol. The van der Waals surface area contributed by atoms with Gasteiger partial charge >= 0.3 is 11.9 Å². The van der Waals surface area contributed by atoms with Gasteiger partial charge < -0.3 is 19.5 Å². The van der Waals surface area contributed by atoms with Gasteiger partial charge in [0.1, 0.15) is 19.3 Å². The highest BCUT2D eigenvalue weighted by Gasteiger charge is 2.15. The summed E-state index contributed by atoms with van der Waals surface area (Å²) in [7, 11) is 1.45. The van der Waals surface area contributed by atoms with Crippen LogP contribution in [0.15, 0.2) is 23.9 Å². The van der Waals surface area contributed by atoms with Gasteiger partial charge in [-0.2, -0.15) is 0 Å². The van der Waals surface area contributed by atoms with Crippen LogP contribution in [0.5, 0.6) is 0 Å². The molecule has 0 aliphatic rings. The van der Waals surface area contributed by atoms with Crippen LogP contribution in [0.1, 0.15) is 20.8 Å². The van der Waals surface area contributed by atoms with Crippen molar-refractivity contribution in [2.45, 2.75) is 26.9 Å². The van der Waals surface area contributed by atoms with Gasteiger partial charge in [-0.1, -0.05) is 6.58 Å². The molecule has 1 N–H and O–H groups in total. The molecule has 0 amide bonds. The summed E-state index contributed by atoms with van der Waals surface area (Å²) < 4.78 is 15.1. The Labute approximate surface area is 119 Å². The molecule has 114 valence electrons. The van der Waals surface area contributed by atoms with E-state index in [4.69, 9.17) is 14.2 Å². The zero-order valence-corrected chi connectivity index (χ0v) is 12.5. The van der Waals surface area contributed by atoms with E-state index in [0.29, 0.717) is 11.1 Å². The van der Waals surface area contributed by atoms with E-state index in [9.17, 15) is 9.59 Å². The van der Waals surface area contributed by atoms with Gasteiger partial charge in [-0.3, -0.25) is 0 Å². The number of esters is 2. The molecule has 0 aliphatic heterocycles. The van der Waals surface area contributed by atoms with Gasteiger partial charge in [0.2, 0.25) is 0 Å². The maximum atomic E-state index is 11.6. The third-order valence-electron chi connectivity index (χ3n) is 2.33. The second-order valence-electron chi connectivity index (χ2n) is 4.22. The number of methoxy groups -OCH3 is 1. The smallest absolute Gasteiger partial charge is 0.335 e. The van der Waals surface area contributed by atoms with Crippen molar-refractivity contribution in [2.24, 2.45) is 0 Å². The maximum absolute atomic E-state index is 11.6. The van der Waals surface area contributed by atoms with Gasteiger partial charge in [0, 0.05) is 31.0 Å². The lowest BCUT2D eigenvalue weighted by Crippen LogP contribution is -2.28. The molecule has 6 nitrogen and oxygen atoms in total. The summed E-state index contributed by atoms with van der Waals surface area (Å²) >= 11 is 0. The molecule has 0 aromatic rings. The molecule has 0 aromatic carbocycles. The Morgan fingerprint density at radius 1 is 1.20 bits per heavy atom. The lowest BCUT2D eigenvalue weighted by molar-refractivity contribution is -0.148. The lowest BCUT2D eigenvalue weighted by Gasteiger charge is -2.15. The van der Waals surface area contributed by atoms with Crippen molar-refractivity contribution in [1.29, 1.82) is 0 Å². The highest BCUT2D eigenvalue weighted by atomic mass is 16.6. The minimum absolute atomic E-state index is 0.00540. The van der Waals surface area contributed by atoms with Gasteiger partial charge in [-0.05, 0) is 20.8 Å². The molecular weight excluding hydrogens is 262 g/mol.